The Hall–Kier alpha value is -3.43. The number of carbonyl (C=O) groups is 2. The maximum atomic E-state index is 13.1. The third-order valence-corrected chi connectivity index (χ3v) is 5.13. The molecule has 1 unspecified atom stereocenters. The predicted octanol–water partition coefficient (Wildman–Crippen LogP) is 4.02. The van der Waals surface area contributed by atoms with E-state index in [0.717, 1.165) is 0 Å². The number of carbonyl (C=O) groups excluding carboxylic acids is 2. The van der Waals surface area contributed by atoms with Crippen LogP contribution >= 0.6 is 23.2 Å². The van der Waals surface area contributed by atoms with Gasteiger partial charge in [0.15, 0.2) is 0 Å². The van der Waals surface area contributed by atoms with Crippen molar-refractivity contribution in [1.82, 2.24) is 9.97 Å². The normalized spacial score (nSPS) is 15.1. The Balaban J connectivity index is 1.65. The number of nitrogens with one attached hydrogen (secondary N) is 4. The number of halogens is 3. The third kappa shape index (κ3) is 4.52. The summed E-state index contributed by atoms with van der Waals surface area (Å²) in [6.45, 7) is 0. The zero-order valence-electron chi connectivity index (χ0n) is 15.6. The predicted molar refractivity (Wildman–Crippen MR) is 116 cm³/mol. The maximum absolute atomic E-state index is 13.1. The smallest absolute Gasteiger partial charge is 0.258 e. The van der Waals surface area contributed by atoms with Crippen LogP contribution in [-0.4, -0.2) is 21.8 Å². The first-order valence-electron chi connectivity index (χ1n) is 9.03. The molecule has 2 amide bonds. The van der Waals surface area contributed by atoms with Gasteiger partial charge in [-0.2, -0.15) is 4.98 Å². The highest BCUT2D eigenvalue weighted by Gasteiger charge is 2.35. The lowest BCUT2D eigenvalue weighted by Gasteiger charge is -2.24. The van der Waals surface area contributed by atoms with E-state index in [0.29, 0.717) is 10.7 Å². The van der Waals surface area contributed by atoms with Crippen LogP contribution in [0.25, 0.3) is 0 Å². The van der Waals surface area contributed by atoms with Crippen molar-refractivity contribution < 1.29 is 14.0 Å². The molecule has 0 bridgehead atoms. The lowest BCUT2D eigenvalue weighted by atomic mass is 9.92. The average molecular weight is 462 g/mol. The Morgan fingerprint density at radius 3 is 2.61 bits per heavy atom. The molecule has 0 spiro atoms. The van der Waals surface area contributed by atoms with Crippen LogP contribution in [0.5, 0.6) is 0 Å². The van der Waals surface area contributed by atoms with Crippen LogP contribution in [0.1, 0.15) is 17.9 Å². The van der Waals surface area contributed by atoms with Crippen LogP contribution in [0.2, 0.25) is 10.0 Å². The molecule has 2 aromatic carbocycles. The number of fused-ring (bicyclic) bond motifs is 1. The Kier molecular flexibility index (Phi) is 5.62. The largest absolute Gasteiger partial charge is 0.326 e. The SMILES string of the molecule is O=C1CC(C(=O)Nc2cc(Cl)ccc2Cl)c2c(nc(Nc3ccc(F)cc3)[nH]c2=O)N1. The second-order valence-electron chi connectivity index (χ2n) is 6.73. The van der Waals surface area contributed by atoms with E-state index in [-0.39, 0.29) is 34.5 Å². The number of nitrogens with zero attached hydrogens (tertiary/aromatic N) is 1. The molecule has 4 rings (SSSR count). The molecule has 1 aliphatic heterocycles. The molecule has 0 fully saturated rings. The first-order chi connectivity index (χ1) is 14.8. The first kappa shape index (κ1) is 20.8. The van der Waals surface area contributed by atoms with Crippen molar-refractivity contribution in [3.05, 3.63) is 74.2 Å². The highest BCUT2D eigenvalue weighted by atomic mass is 35.5. The number of aromatic amines is 1. The quantitative estimate of drug-likeness (QED) is 0.468. The summed E-state index contributed by atoms with van der Waals surface area (Å²) in [5.41, 5.74) is 0.133. The summed E-state index contributed by atoms with van der Waals surface area (Å²) < 4.78 is 13.1. The molecular formula is C20H14Cl2FN5O3. The molecule has 158 valence electrons. The van der Waals surface area contributed by atoms with Crippen molar-refractivity contribution in [3.63, 3.8) is 0 Å². The number of anilines is 4. The van der Waals surface area contributed by atoms with E-state index in [1.807, 2.05) is 0 Å². The van der Waals surface area contributed by atoms with Crippen molar-refractivity contribution in [2.75, 3.05) is 16.0 Å². The van der Waals surface area contributed by atoms with Crippen LogP contribution in [-0.2, 0) is 9.59 Å². The number of H-pyrrole nitrogens is 1. The molecule has 3 aromatic rings. The molecule has 31 heavy (non-hydrogen) atoms. The van der Waals surface area contributed by atoms with Crippen molar-refractivity contribution in [2.45, 2.75) is 12.3 Å². The van der Waals surface area contributed by atoms with Gasteiger partial charge in [0, 0.05) is 17.1 Å². The molecule has 0 aliphatic carbocycles. The van der Waals surface area contributed by atoms with Gasteiger partial charge in [-0.3, -0.25) is 19.4 Å². The maximum Gasteiger partial charge on any atom is 0.258 e. The van der Waals surface area contributed by atoms with Gasteiger partial charge in [0.25, 0.3) is 5.56 Å². The van der Waals surface area contributed by atoms with Crippen LogP contribution in [0, 0.1) is 5.82 Å². The monoisotopic (exact) mass is 461 g/mol. The average Bonchev–Trinajstić information content (AvgIpc) is 2.71. The highest BCUT2D eigenvalue weighted by Crippen LogP contribution is 2.32. The minimum Gasteiger partial charge on any atom is -0.326 e. The molecule has 1 atom stereocenters. The Morgan fingerprint density at radius 2 is 1.87 bits per heavy atom. The van der Waals surface area contributed by atoms with Crippen molar-refractivity contribution >= 4 is 58.2 Å². The standard InChI is InChI=1S/C20H14Cl2FN5O3/c21-9-1-6-13(22)14(7-9)25-18(30)12-8-15(29)26-17-16(12)19(31)28-20(27-17)24-11-4-2-10(23)3-5-11/h1-7,12H,8H2,(H,25,30)(H3,24,26,27,28,29,31). The molecule has 0 saturated heterocycles. The van der Waals surface area contributed by atoms with Gasteiger partial charge in [0.1, 0.15) is 11.6 Å². The number of hydrogen-bond donors (Lipinski definition) is 4. The lowest BCUT2D eigenvalue weighted by molar-refractivity contribution is -0.123. The van der Waals surface area contributed by atoms with Gasteiger partial charge in [-0.1, -0.05) is 23.2 Å². The van der Waals surface area contributed by atoms with E-state index in [2.05, 4.69) is 25.9 Å². The molecule has 0 radical (unpaired) electrons. The fourth-order valence-electron chi connectivity index (χ4n) is 3.14. The second kappa shape index (κ2) is 8.37. The van der Waals surface area contributed by atoms with Gasteiger partial charge < -0.3 is 16.0 Å². The van der Waals surface area contributed by atoms with E-state index in [1.54, 1.807) is 6.07 Å². The van der Waals surface area contributed by atoms with Gasteiger partial charge >= 0.3 is 0 Å². The van der Waals surface area contributed by atoms with Gasteiger partial charge in [-0.25, -0.2) is 4.39 Å². The van der Waals surface area contributed by atoms with E-state index >= 15 is 0 Å². The summed E-state index contributed by atoms with van der Waals surface area (Å²) in [7, 11) is 0. The van der Waals surface area contributed by atoms with Gasteiger partial charge in [0.2, 0.25) is 17.8 Å². The Morgan fingerprint density at radius 1 is 1.13 bits per heavy atom. The molecule has 1 aliphatic rings. The summed E-state index contributed by atoms with van der Waals surface area (Å²) in [4.78, 5) is 44.5. The summed E-state index contributed by atoms with van der Waals surface area (Å²) in [6.07, 6.45) is -0.244. The van der Waals surface area contributed by atoms with E-state index in [4.69, 9.17) is 23.2 Å². The third-order valence-electron chi connectivity index (χ3n) is 4.56. The fraction of sp³-hybridized carbons (Fsp3) is 0.100. The zero-order chi connectivity index (χ0) is 22.1. The molecular weight excluding hydrogens is 448 g/mol. The minimum absolute atomic E-state index is 0.0138. The summed E-state index contributed by atoms with van der Waals surface area (Å²) in [5.74, 6) is -2.60. The number of aromatic nitrogens is 2. The molecule has 11 heteroatoms. The summed E-state index contributed by atoms with van der Waals surface area (Å²) in [6, 6.07) is 9.93. The van der Waals surface area contributed by atoms with Crippen molar-refractivity contribution in [1.29, 1.82) is 0 Å². The number of rotatable bonds is 4. The van der Waals surface area contributed by atoms with Crippen LogP contribution in [0.15, 0.2) is 47.3 Å². The lowest BCUT2D eigenvalue weighted by Crippen LogP contribution is -2.36. The Bertz CT molecular complexity index is 1250. The number of amides is 2. The van der Waals surface area contributed by atoms with E-state index in [9.17, 15) is 18.8 Å². The highest BCUT2D eigenvalue weighted by molar-refractivity contribution is 6.35. The van der Waals surface area contributed by atoms with Crippen LogP contribution in [0.3, 0.4) is 0 Å². The number of hydrogen-bond acceptors (Lipinski definition) is 5. The summed E-state index contributed by atoms with van der Waals surface area (Å²) >= 11 is 12.0. The fourth-order valence-corrected chi connectivity index (χ4v) is 3.47. The van der Waals surface area contributed by atoms with Crippen LogP contribution < -0.4 is 21.5 Å². The van der Waals surface area contributed by atoms with E-state index in [1.165, 1.54) is 36.4 Å². The first-order valence-corrected chi connectivity index (χ1v) is 9.78. The van der Waals surface area contributed by atoms with Gasteiger partial charge in [-0.15, -0.1) is 0 Å². The molecule has 0 saturated carbocycles. The topological polar surface area (TPSA) is 116 Å². The van der Waals surface area contributed by atoms with Gasteiger partial charge in [-0.05, 0) is 42.5 Å². The minimum atomic E-state index is -1.09. The Labute approximate surface area is 184 Å². The van der Waals surface area contributed by atoms with Crippen molar-refractivity contribution in [3.8, 4) is 0 Å². The van der Waals surface area contributed by atoms with E-state index < -0.39 is 29.1 Å². The van der Waals surface area contributed by atoms with Crippen LogP contribution in [0.4, 0.5) is 27.5 Å². The molecule has 1 aromatic heterocycles. The van der Waals surface area contributed by atoms with Gasteiger partial charge in [0.05, 0.1) is 22.2 Å². The molecule has 2 heterocycles. The number of benzene rings is 2. The summed E-state index contributed by atoms with van der Waals surface area (Å²) in [5, 5.41) is 8.54. The molecule has 4 N–H and O–H groups in total. The van der Waals surface area contributed by atoms with Crippen molar-refractivity contribution in [2.24, 2.45) is 0 Å². The zero-order valence-corrected chi connectivity index (χ0v) is 17.1. The molecule has 8 nitrogen and oxygen atoms in total. The second-order valence-corrected chi connectivity index (χ2v) is 7.57.